The summed E-state index contributed by atoms with van der Waals surface area (Å²) < 4.78 is 59.7. The Balaban J connectivity index is 2.30. The van der Waals surface area contributed by atoms with Crippen LogP contribution in [0.3, 0.4) is 0 Å². The van der Waals surface area contributed by atoms with Crippen molar-refractivity contribution < 1.29 is 26.7 Å². The SMILES string of the molecule is CCCCS(=O)(=O)C(c1cc(F)cc(F)c1)[C@H]([CH]CNCc1cccc(CC)c1)NC(=O)COC. The van der Waals surface area contributed by atoms with Gasteiger partial charge in [0.1, 0.15) is 23.5 Å². The molecule has 0 aliphatic carbocycles. The molecular weight excluding hydrogens is 474 g/mol. The fourth-order valence-corrected chi connectivity index (χ4v) is 5.97. The minimum atomic E-state index is -3.88. The first-order valence-electron chi connectivity index (χ1n) is 11.8. The van der Waals surface area contributed by atoms with Crippen molar-refractivity contribution in [3.63, 3.8) is 0 Å². The van der Waals surface area contributed by atoms with Gasteiger partial charge in [0.15, 0.2) is 9.84 Å². The van der Waals surface area contributed by atoms with Crippen molar-refractivity contribution in [1.82, 2.24) is 10.6 Å². The first-order chi connectivity index (χ1) is 16.7. The van der Waals surface area contributed by atoms with E-state index in [1.54, 1.807) is 6.42 Å². The van der Waals surface area contributed by atoms with Gasteiger partial charge in [-0.25, -0.2) is 17.2 Å². The molecule has 0 aromatic heterocycles. The third-order valence-corrected chi connectivity index (χ3v) is 7.75. The Labute approximate surface area is 207 Å². The summed E-state index contributed by atoms with van der Waals surface area (Å²) in [6, 6.07) is 9.75. The Morgan fingerprint density at radius 2 is 1.77 bits per heavy atom. The van der Waals surface area contributed by atoms with Gasteiger partial charge in [0, 0.05) is 26.3 Å². The van der Waals surface area contributed by atoms with Gasteiger partial charge in [-0.05, 0) is 48.1 Å². The predicted octanol–water partition coefficient (Wildman–Crippen LogP) is 3.91. The minimum absolute atomic E-state index is 0.0479. The number of carbonyl (C=O) groups excluding carboxylic acids is 1. The lowest BCUT2D eigenvalue weighted by molar-refractivity contribution is -0.125. The molecule has 1 amide bonds. The summed E-state index contributed by atoms with van der Waals surface area (Å²) in [6.07, 6.45) is 3.55. The number of rotatable bonds is 15. The van der Waals surface area contributed by atoms with E-state index < -0.39 is 38.7 Å². The van der Waals surface area contributed by atoms with Crippen LogP contribution in [0.4, 0.5) is 8.78 Å². The lowest BCUT2D eigenvalue weighted by atomic mass is 10.0. The first-order valence-corrected chi connectivity index (χ1v) is 13.5. The molecule has 193 valence electrons. The Bertz CT molecular complexity index is 1040. The number of hydrogen-bond donors (Lipinski definition) is 2. The molecule has 2 atom stereocenters. The maximum absolute atomic E-state index is 14.1. The van der Waals surface area contributed by atoms with Crippen molar-refractivity contribution in [1.29, 1.82) is 0 Å². The standard InChI is InChI=1S/C26H35F2N2O4S/c1-4-6-12-35(32,33)26(21-14-22(27)16-23(28)15-21)24(30-25(31)18-34-3)10-11-29-17-20-9-7-8-19(5-2)13-20/h7-10,13-16,24,26,29H,4-6,11-12,17-18H2,1-3H3,(H,30,31)/t24-,26?/m0/s1. The average molecular weight is 510 g/mol. The number of amides is 1. The number of sulfone groups is 1. The maximum Gasteiger partial charge on any atom is 0.246 e. The normalized spacial score (nSPS) is 13.4. The van der Waals surface area contributed by atoms with Crippen LogP contribution in [-0.4, -0.2) is 46.4 Å². The summed E-state index contributed by atoms with van der Waals surface area (Å²) >= 11 is 0. The number of methoxy groups -OCH3 is 1. The third-order valence-electron chi connectivity index (χ3n) is 5.56. The molecule has 1 radical (unpaired) electrons. The number of ether oxygens (including phenoxy) is 1. The molecule has 6 nitrogen and oxygen atoms in total. The summed E-state index contributed by atoms with van der Waals surface area (Å²) in [7, 11) is -2.53. The van der Waals surface area contributed by atoms with E-state index in [1.165, 1.54) is 12.7 Å². The predicted molar refractivity (Wildman–Crippen MR) is 133 cm³/mol. The second-order valence-corrected chi connectivity index (χ2v) is 10.7. The number of benzene rings is 2. The van der Waals surface area contributed by atoms with Crippen LogP contribution >= 0.6 is 0 Å². The van der Waals surface area contributed by atoms with Crippen LogP contribution in [0.25, 0.3) is 0 Å². The molecule has 2 N–H and O–H groups in total. The fraction of sp³-hybridized carbons (Fsp3) is 0.462. The summed E-state index contributed by atoms with van der Waals surface area (Å²) in [5.41, 5.74) is 2.22. The Hall–Kier alpha value is -2.36. The second kappa shape index (κ2) is 14.3. The van der Waals surface area contributed by atoms with Crippen LogP contribution in [0.5, 0.6) is 0 Å². The van der Waals surface area contributed by atoms with Crippen molar-refractivity contribution in [2.24, 2.45) is 0 Å². The molecule has 0 saturated heterocycles. The van der Waals surface area contributed by atoms with E-state index in [-0.39, 0.29) is 24.5 Å². The highest BCUT2D eigenvalue weighted by atomic mass is 32.2. The molecular formula is C26H35F2N2O4S. The van der Waals surface area contributed by atoms with Crippen molar-refractivity contribution in [2.75, 3.05) is 26.0 Å². The Kier molecular flexibility index (Phi) is 11.8. The average Bonchev–Trinajstić information content (AvgIpc) is 2.80. The number of hydrogen-bond acceptors (Lipinski definition) is 5. The van der Waals surface area contributed by atoms with Gasteiger partial charge in [0.05, 0.1) is 11.8 Å². The van der Waals surface area contributed by atoms with E-state index in [0.29, 0.717) is 25.5 Å². The zero-order chi connectivity index (χ0) is 25.8. The molecule has 0 spiro atoms. The quantitative estimate of drug-likeness (QED) is 0.356. The smallest absolute Gasteiger partial charge is 0.246 e. The molecule has 0 aliphatic rings. The molecule has 2 rings (SSSR count). The molecule has 0 heterocycles. The number of unbranched alkanes of at least 4 members (excludes halogenated alkanes) is 1. The Morgan fingerprint density at radius 3 is 2.40 bits per heavy atom. The molecule has 2 aromatic rings. The minimum Gasteiger partial charge on any atom is -0.375 e. The molecule has 1 unspecified atom stereocenters. The number of halogens is 2. The van der Waals surface area contributed by atoms with Gasteiger partial charge in [-0.15, -0.1) is 0 Å². The summed E-state index contributed by atoms with van der Waals surface area (Å²) in [5.74, 6) is -2.47. The summed E-state index contributed by atoms with van der Waals surface area (Å²) in [6.45, 7) is 4.44. The van der Waals surface area contributed by atoms with Gasteiger partial charge in [-0.1, -0.05) is 44.5 Å². The lowest BCUT2D eigenvalue weighted by Gasteiger charge is -2.28. The van der Waals surface area contributed by atoms with Crippen molar-refractivity contribution in [3.05, 3.63) is 77.2 Å². The maximum atomic E-state index is 14.1. The van der Waals surface area contributed by atoms with Gasteiger partial charge in [-0.3, -0.25) is 4.79 Å². The lowest BCUT2D eigenvalue weighted by Crippen LogP contribution is -2.45. The van der Waals surface area contributed by atoms with E-state index >= 15 is 0 Å². The van der Waals surface area contributed by atoms with Gasteiger partial charge < -0.3 is 15.4 Å². The van der Waals surface area contributed by atoms with Crippen LogP contribution in [0.2, 0.25) is 0 Å². The van der Waals surface area contributed by atoms with E-state index in [9.17, 15) is 22.0 Å². The zero-order valence-corrected chi connectivity index (χ0v) is 21.3. The molecule has 0 aliphatic heterocycles. The van der Waals surface area contributed by atoms with Crippen LogP contribution in [0.15, 0.2) is 42.5 Å². The van der Waals surface area contributed by atoms with Crippen molar-refractivity contribution in [2.45, 2.75) is 50.9 Å². The third kappa shape index (κ3) is 9.31. The molecule has 0 fully saturated rings. The van der Waals surface area contributed by atoms with Gasteiger partial charge in [0.25, 0.3) is 0 Å². The number of nitrogens with one attached hydrogen (secondary N) is 2. The first kappa shape index (κ1) is 28.9. The largest absolute Gasteiger partial charge is 0.375 e. The van der Waals surface area contributed by atoms with E-state index in [1.807, 2.05) is 25.1 Å². The molecule has 2 aromatic carbocycles. The van der Waals surface area contributed by atoms with Crippen molar-refractivity contribution >= 4 is 15.7 Å². The highest BCUT2D eigenvalue weighted by molar-refractivity contribution is 7.91. The topological polar surface area (TPSA) is 84.5 Å². The van der Waals surface area contributed by atoms with Crippen LogP contribution in [0.1, 0.15) is 48.6 Å². The summed E-state index contributed by atoms with van der Waals surface area (Å²) in [5, 5.41) is 4.55. The Morgan fingerprint density at radius 1 is 1.09 bits per heavy atom. The fourth-order valence-electron chi connectivity index (χ4n) is 3.85. The summed E-state index contributed by atoms with van der Waals surface area (Å²) in [4.78, 5) is 12.4. The highest BCUT2D eigenvalue weighted by Gasteiger charge is 2.36. The van der Waals surface area contributed by atoms with Crippen LogP contribution in [-0.2, 0) is 32.3 Å². The van der Waals surface area contributed by atoms with Crippen molar-refractivity contribution in [3.8, 4) is 0 Å². The number of aryl methyl sites for hydroxylation is 1. The number of carbonyl (C=O) groups is 1. The van der Waals surface area contributed by atoms with Crippen LogP contribution < -0.4 is 10.6 Å². The second-order valence-electron chi connectivity index (χ2n) is 8.41. The van der Waals surface area contributed by atoms with E-state index in [0.717, 1.165) is 24.1 Å². The van der Waals surface area contributed by atoms with E-state index in [4.69, 9.17) is 4.74 Å². The molecule has 0 saturated carbocycles. The molecule has 35 heavy (non-hydrogen) atoms. The van der Waals surface area contributed by atoms with Gasteiger partial charge >= 0.3 is 0 Å². The van der Waals surface area contributed by atoms with Gasteiger partial charge in [-0.2, -0.15) is 0 Å². The zero-order valence-electron chi connectivity index (χ0n) is 20.5. The van der Waals surface area contributed by atoms with Gasteiger partial charge in [0.2, 0.25) is 5.91 Å². The molecule has 0 bridgehead atoms. The molecule has 9 heteroatoms. The monoisotopic (exact) mass is 509 g/mol. The van der Waals surface area contributed by atoms with Crippen LogP contribution in [0, 0.1) is 18.1 Å². The highest BCUT2D eigenvalue weighted by Crippen LogP contribution is 2.30. The van der Waals surface area contributed by atoms with E-state index in [2.05, 4.69) is 23.6 Å².